The summed E-state index contributed by atoms with van der Waals surface area (Å²) in [6.07, 6.45) is 0. The van der Waals surface area contributed by atoms with Crippen molar-refractivity contribution in [3.8, 4) is 5.75 Å². The lowest BCUT2D eigenvalue weighted by Gasteiger charge is -2.27. The van der Waals surface area contributed by atoms with Crippen LogP contribution in [-0.4, -0.2) is 52.3 Å². The fraction of sp³-hybridized carbons (Fsp3) is 0.389. The Morgan fingerprint density at radius 3 is 2.75 bits per heavy atom. The van der Waals surface area contributed by atoms with Gasteiger partial charge in [0.15, 0.2) is 0 Å². The van der Waals surface area contributed by atoms with Crippen molar-refractivity contribution in [3.63, 3.8) is 0 Å². The summed E-state index contributed by atoms with van der Waals surface area (Å²) >= 11 is 0. The normalized spacial score (nSPS) is 16.2. The van der Waals surface area contributed by atoms with Crippen molar-refractivity contribution >= 4 is 21.8 Å². The molecule has 1 aromatic carbocycles. The van der Waals surface area contributed by atoms with E-state index in [9.17, 15) is 9.50 Å². The molecule has 0 amide bonds. The van der Waals surface area contributed by atoms with Crippen LogP contribution in [0.2, 0.25) is 0 Å². The van der Waals surface area contributed by atoms with E-state index in [2.05, 4.69) is 19.8 Å². The Morgan fingerprint density at radius 2 is 1.96 bits per heavy atom. The number of aryl methyl sites for hydroxylation is 1. The van der Waals surface area contributed by atoms with E-state index in [0.717, 1.165) is 61.1 Å². The Hall–Kier alpha value is -2.18. The molecule has 3 heterocycles. The van der Waals surface area contributed by atoms with Gasteiger partial charge < -0.3 is 15.0 Å². The van der Waals surface area contributed by atoms with Crippen LogP contribution in [0.3, 0.4) is 0 Å². The first kappa shape index (κ1) is 15.4. The van der Waals surface area contributed by atoms with Crippen LogP contribution in [0.4, 0.5) is 4.39 Å². The van der Waals surface area contributed by atoms with Crippen molar-refractivity contribution in [3.05, 3.63) is 35.9 Å². The van der Waals surface area contributed by atoms with E-state index in [0.29, 0.717) is 5.69 Å². The smallest absolute Gasteiger partial charge is 0.213 e. The largest absolute Gasteiger partial charge is 0.508 e. The summed E-state index contributed by atoms with van der Waals surface area (Å²) in [5.41, 5.74) is 2.56. The van der Waals surface area contributed by atoms with Crippen molar-refractivity contribution in [1.29, 1.82) is 0 Å². The lowest BCUT2D eigenvalue weighted by molar-refractivity contribution is 0.234. The Bertz CT molecular complexity index is 899. The number of hydrogen-bond donors (Lipinski definition) is 2. The fourth-order valence-electron chi connectivity index (χ4n) is 3.67. The molecule has 4 rings (SSSR count). The number of rotatable bonds is 3. The number of hydrogen-bond acceptors (Lipinski definition) is 4. The van der Waals surface area contributed by atoms with Crippen molar-refractivity contribution in [1.82, 2.24) is 19.8 Å². The summed E-state index contributed by atoms with van der Waals surface area (Å²) in [5, 5.41) is 15.1. The minimum Gasteiger partial charge on any atom is -0.508 e. The van der Waals surface area contributed by atoms with Gasteiger partial charge in [0.05, 0.1) is 16.7 Å². The van der Waals surface area contributed by atoms with E-state index < -0.39 is 5.95 Å². The molecule has 24 heavy (non-hydrogen) atoms. The predicted octanol–water partition coefficient (Wildman–Crippen LogP) is 2.25. The summed E-state index contributed by atoms with van der Waals surface area (Å²) < 4.78 is 16.0. The quantitative estimate of drug-likeness (QED) is 0.724. The van der Waals surface area contributed by atoms with Crippen LogP contribution in [0.1, 0.15) is 5.69 Å². The lowest BCUT2D eigenvalue weighted by Crippen LogP contribution is -2.44. The van der Waals surface area contributed by atoms with E-state index in [1.54, 1.807) is 12.1 Å². The molecule has 126 valence electrons. The third-order valence-electron chi connectivity index (χ3n) is 4.82. The monoisotopic (exact) mass is 328 g/mol. The Balaban J connectivity index is 1.82. The van der Waals surface area contributed by atoms with Gasteiger partial charge in [0.1, 0.15) is 5.75 Å². The van der Waals surface area contributed by atoms with E-state index in [4.69, 9.17) is 0 Å². The third-order valence-corrected chi connectivity index (χ3v) is 4.82. The maximum absolute atomic E-state index is 13.8. The van der Waals surface area contributed by atoms with Crippen molar-refractivity contribution in [2.75, 3.05) is 32.7 Å². The molecule has 0 bridgehead atoms. The van der Waals surface area contributed by atoms with Gasteiger partial charge in [-0.15, -0.1) is 0 Å². The van der Waals surface area contributed by atoms with Crippen LogP contribution in [0.15, 0.2) is 24.3 Å². The fourth-order valence-corrected chi connectivity index (χ4v) is 3.67. The SMILES string of the molecule is Cc1nc(F)cc2c3ccc(O)cc3n(CCN3CCNCC3)c12. The Labute approximate surface area is 139 Å². The Kier molecular flexibility index (Phi) is 3.86. The molecule has 1 saturated heterocycles. The number of aromatic hydroxyl groups is 1. The molecule has 0 aliphatic carbocycles. The zero-order valence-corrected chi connectivity index (χ0v) is 13.7. The standard InChI is InChI=1S/C18H21FN4O/c1-12-18-15(11-17(19)21-12)14-3-2-13(24)10-16(14)23(18)9-8-22-6-4-20-5-7-22/h2-3,10-11,20,24H,4-9H2,1H3. The second-order valence-corrected chi connectivity index (χ2v) is 6.37. The predicted molar refractivity (Wildman–Crippen MR) is 92.9 cm³/mol. The average molecular weight is 328 g/mol. The third kappa shape index (κ3) is 2.61. The van der Waals surface area contributed by atoms with E-state index in [-0.39, 0.29) is 5.75 Å². The first-order valence-corrected chi connectivity index (χ1v) is 8.34. The first-order chi connectivity index (χ1) is 11.6. The highest BCUT2D eigenvalue weighted by Crippen LogP contribution is 2.32. The van der Waals surface area contributed by atoms with Crippen molar-refractivity contribution < 1.29 is 9.50 Å². The molecular weight excluding hydrogens is 307 g/mol. The second-order valence-electron chi connectivity index (χ2n) is 6.37. The molecule has 1 fully saturated rings. The average Bonchev–Trinajstić information content (AvgIpc) is 2.87. The molecule has 0 radical (unpaired) electrons. The minimum absolute atomic E-state index is 0.222. The number of fused-ring (bicyclic) bond motifs is 3. The highest BCUT2D eigenvalue weighted by molar-refractivity contribution is 6.09. The molecular formula is C18H21FN4O. The van der Waals surface area contributed by atoms with E-state index in [1.165, 1.54) is 6.07 Å². The summed E-state index contributed by atoms with van der Waals surface area (Å²) in [4.78, 5) is 6.42. The maximum atomic E-state index is 13.8. The number of nitrogens with one attached hydrogen (secondary N) is 1. The minimum atomic E-state index is -0.464. The number of halogens is 1. The number of phenols is 1. The highest BCUT2D eigenvalue weighted by Gasteiger charge is 2.17. The summed E-state index contributed by atoms with van der Waals surface area (Å²) in [7, 11) is 0. The van der Waals surface area contributed by atoms with Crippen LogP contribution in [0.25, 0.3) is 21.8 Å². The van der Waals surface area contributed by atoms with Gasteiger partial charge in [0.2, 0.25) is 5.95 Å². The van der Waals surface area contributed by atoms with Gasteiger partial charge in [-0.3, -0.25) is 4.90 Å². The topological polar surface area (TPSA) is 53.3 Å². The molecule has 5 nitrogen and oxygen atoms in total. The van der Waals surface area contributed by atoms with Crippen LogP contribution >= 0.6 is 0 Å². The molecule has 0 atom stereocenters. The zero-order chi connectivity index (χ0) is 16.7. The van der Waals surface area contributed by atoms with Gasteiger partial charge in [-0.05, 0) is 19.1 Å². The van der Waals surface area contributed by atoms with E-state index >= 15 is 0 Å². The van der Waals surface area contributed by atoms with E-state index in [1.807, 2.05) is 13.0 Å². The van der Waals surface area contributed by atoms with Gasteiger partial charge in [-0.25, -0.2) is 4.98 Å². The van der Waals surface area contributed by atoms with Gasteiger partial charge in [-0.2, -0.15) is 4.39 Å². The Morgan fingerprint density at radius 1 is 1.17 bits per heavy atom. The lowest BCUT2D eigenvalue weighted by atomic mass is 10.1. The number of phenolic OH excluding ortho intramolecular Hbond substituents is 1. The summed E-state index contributed by atoms with van der Waals surface area (Å²) in [5.74, 6) is -0.242. The number of piperazine rings is 1. The molecule has 0 unspecified atom stereocenters. The molecule has 0 spiro atoms. The van der Waals surface area contributed by atoms with Crippen molar-refractivity contribution in [2.45, 2.75) is 13.5 Å². The maximum Gasteiger partial charge on any atom is 0.213 e. The van der Waals surface area contributed by atoms with Gasteiger partial charge in [0.25, 0.3) is 0 Å². The number of pyridine rings is 1. The van der Waals surface area contributed by atoms with Gasteiger partial charge in [-0.1, -0.05) is 0 Å². The highest BCUT2D eigenvalue weighted by atomic mass is 19.1. The van der Waals surface area contributed by atoms with Crippen LogP contribution < -0.4 is 5.32 Å². The molecule has 2 N–H and O–H groups in total. The first-order valence-electron chi connectivity index (χ1n) is 8.34. The molecule has 2 aromatic heterocycles. The van der Waals surface area contributed by atoms with Gasteiger partial charge in [0, 0.05) is 62.2 Å². The summed E-state index contributed by atoms with van der Waals surface area (Å²) in [6, 6.07) is 6.75. The van der Waals surface area contributed by atoms with Gasteiger partial charge >= 0.3 is 0 Å². The number of aromatic nitrogens is 2. The molecule has 1 aliphatic heterocycles. The molecule has 1 aliphatic rings. The number of benzene rings is 1. The summed E-state index contributed by atoms with van der Waals surface area (Å²) in [6.45, 7) is 7.65. The van der Waals surface area contributed by atoms with Crippen LogP contribution in [0, 0.1) is 12.9 Å². The second kappa shape index (κ2) is 6.03. The van der Waals surface area contributed by atoms with Crippen LogP contribution in [-0.2, 0) is 6.54 Å². The van der Waals surface area contributed by atoms with Crippen molar-refractivity contribution in [2.24, 2.45) is 0 Å². The molecule has 3 aromatic rings. The molecule has 0 saturated carbocycles. The molecule has 6 heteroatoms. The number of nitrogens with zero attached hydrogens (tertiary/aromatic N) is 3. The zero-order valence-electron chi connectivity index (χ0n) is 13.7. The van der Waals surface area contributed by atoms with Crippen LogP contribution in [0.5, 0.6) is 5.75 Å².